The predicted molar refractivity (Wildman–Crippen MR) is 73.1 cm³/mol. The maximum absolute atomic E-state index is 14.5. The summed E-state index contributed by atoms with van der Waals surface area (Å²) in [5.74, 6) is -1.97. The average Bonchev–Trinajstić information content (AvgIpc) is 3.21. The maximum Gasteiger partial charge on any atom is 0.399 e. The van der Waals surface area contributed by atoms with Crippen molar-refractivity contribution < 1.29 is 26.8 Å². The van der Waals surface area contributed by atoms with Crippen LogP contribution >= 0.6 is 7.60 Å². The van der Waals surface area contributed by atoms with Gasteiger partial charge in [0.15, 0.2) is 0 Å². The molecular weight excluding hydrogens is 304 g/mol. The van der Waals surface area contributed by atoms with Crippen molar-refractivity contribution in [3.63, 3.8) is 0 Å². The third-order valence-electron chi connectivity index (χ3n) is 3.50. The second-order valence-corrected chi connectivity index (χ2v) is 7.03. The van der Waals surface area contributed by atoms with Crippen molar-refractivity contribution in [3.8, 4) is 0 Å². The Kier molecular flexibility index (Phi) is 4.81. The maximum atomic E-state index is 14.5. The standard InChI is InChI=1S/C14H18F3O3P/c1-3-19-21(18,20-4-2)14(16,17)13-9-12(13)10-5-7-11(15)8-6-10/h5-8,12-13H,3-4,9H2,1-2H3/t12-,13+/m0/s1. The zero-order valence-corrected chi connectivity index (χ0v) is 12.8. The molecule has 0 bridgehead atoms. The van der Waals surface area contributed by atoms with Gasteiger partial charge in [-0.2, -0.15) is 8.78 Å². The van der Waals surface area contributed by atoms with Crippen LogP contribution < -0.4 is 0 Å². The lowest BCUT2D eigenvalue weighted by atomic mass is 10.1. The summed E-state index contributed by atoms with van der Waals surface area (Å²) >= 11 is 0. The molecule has 0 spiro atoms. The monoisotopic (exact) mass is 322 g/mol. The number of halogens is 3. The largest absolute Gasteiger partial charge is 0.399 e. The summed E-state index contributed by atoms with van der Waals surface area (Å²) in [6, 6.07) is 5.41. The third-order valence-corrected chi connectivity index (χ3v) is 5.76. The van der Waals surface area contributed by atoms with Crippen molar-refractivity contribution in [1.29, 1.82) is 0 Å². The molecular formula is C14H18F3O3P. The van der Waals surface area contributed by atoms with Crippen LogP contribution in [0.2, 0.25) is 0 Å². The smallest absolute Gasteiger partial charge is 0.305 e. The lowest BCUT2D eigenvalue weighted by molar-refractivity contribution is 0.0181. The Labute approximate surface area is 122 Å². The highest BCUT2D eigenvalue weighted by Gasteiger charge is 2.66. The molecule has 0 aliphatic heterocycles. The van der Waals surface area contributed by atoms with Crippen LogP contribution in [0.3, 0.4) is 0 Å². The van der Waals surface area contributed by atoms with E-state index >= 15 is 0 Å². The van der Waals surface area contributed by atoms with E-state index in [0.29, 0.717) is 5.56 Å². The van der Waals surface area contributed by atoms with Gasteiger partial charge in [-0.15, -0.1) is 0 Å². The summed E-state index contributed by atoms with van der Waals surface area (Å²) in [6.45, 7) is 2.76. The number of rotatable bonds is 7. The number of hydrogen-bond acceptors (Lipinski definition) is 3. The number of hydrogen-bond donors (Lipinski definition) is 0. The molecule has 2 rings (SSSR count). The Morgan fingerprint density at radius 2 is 1.71 bits per heavy atom. The Bertz CT molecular complexity index is 523. The summed E-state index contributed by atoms with van der Waals surface area (Å²) in [5, 5.41) is 0. The fourth-order valence-electron chi connectivity index (χ4n) is 2.41. The van der Waals surface area contributed by atoms with Gasteiger partial charge in [0, 0.05) is 5.92 Å². The lowest BCUT2D eigenvalue weighted by Gasteiger charge is -2.26. The SMILES string of the molecule is CCOP(=O)(OCC)C(F)(F)[C@@H]1C[C@H]1c1ccc(F)cc1. The van der Waals surface area contributed by atoms with Crippen LogP contribution in [0.5, 0.6) is 0 Å². The Morgan fingerprint density at radius 3 is 2.19 bits per heavy atom. The summed E-state index contributed by atoms with van der Waals surface area (Å²) < 4.78 is 63.6. The van der Waals surface area contributed by atoms with Gasteiger partial charge in [-0.05, 0) is 43.9 Å². The van der Waals surface area contributed by atoms with Crippen molar-refractivity contribution >= 4 is 7.60 Å². The van der Waals surface area contributed by atoms with Crippen LogP contribution in [0.15, 0.2) is 24.3 Å². The minimum atomic E-state index is -4.49. The van der Waals surface area contributed by atoms with Crippen molar-refractivity contribution in [3.05, 3.63) is 35.6 Å². The molecule has 0 heterocycles. The highest BCUT2D eigenvalue weighted by Crippen LogP contribution is 2.72. The van der Waals surface area contributed by atoms with E-state index in [-0.39, 0.29) is 19.6 Å². The summed E-state index contributed by atoms with van der Waals surface area (Å²) in [4.78, 5) is 0. The molecule has 3 nitrogen and oxygen atoms in total. The van der Waals surface area contributed by atoms with Crippen molar-refractivity contribution in [2.45, 2.75) is 31.8 Å². The van der Waals surface area contributed by atoms with Crippen LogP contribution in [0.25, 0.3) is 0 Å². The molecule has 1 aromatic rings. The van der Waals surface area contributed by atoms with E-state index in [1.165, 1.54) is 38.1 Å². The lowest BCUT2D eigenvalue weighted by Crippen LogP contribution is -2.23. The molecule has 0 amide bonds. The van der Waals surface area contributed by atoms with Gasteiger partial charge in [0.2, 0.25) is 0 Å². The third kappa shape index (κ3) is 3.17. The summed E-state index contributed by atoms with van der Waals surface area (Å²) in [5.41, 5.74) is -2.93. The van der Waals surface area contributed by atoms with E-state index in [1.54, 1.807) is 0 Å². The number of benzene rings is 1. The van der Waals surface area contributed by atoms with E-state index in [4.69, 9.17) is 9.05 Å². The topological polar surface area (TPSA) is 35.5 Å². The number of alkyl halides is 2. The van der Waals surface area contributed by atoms with Crippen LogP contribution in [0.4, 0.5) is 13.2 Å². The molecule has 1 fully saturated rings. The zero-order valence-electron chi connectivity index (χ0n) is 11.9. The molecule has 21 heavy (non-hydrogen) atoms. The van der Waals surface area contributed by atoms with E-state index in [1.807, 2.05) is 0 Å². The van der Waals surface area contributed by atoms with E-state index < -0.39 is 30.9 Å². The Balaban J connectivity index is 2.17. The van der Waals surface area contributed by atoms with Gasteiger partial charge in [0.1, 0.15) is 5.82 Å². The van der Waals surface area contributed by atoms with Gasteiger partial charge in [0.05, 0.1) is 13.2 Å². The Morgan fingerprint density at radius 1 is 1.19 bits per heavy atom. The fraction of sp³-hybridized carbons (Fsp3) is 0.571. The van der Waals surface area contributed by atoms with Crippen LogP contribution in [-0.2, 0) is 13.6 Å². The summed E-state index contributed by atoms with van der Waals surface area (Å²) in [6.07, 6.45) is 0.183. The molecule has 0 radical (unpaired) electrons. The fourth-order valence-corrected chi connectivity index (χ4v) is 4.20. The molecule has 1 aliphatic rings. The first-order valence-electron chi connectivity index (χ1n) is 6.88. The minimum absolute atomic E-state index is 0.110. The molecule has 118 valence electrons. The van der Waals surface area contributed by atoms with Crippen LogP contribution in [-0.4, -0.2) is 18.9 Å². The van der Waals surface area contributed by atoms with E-state index in [9.17, 15) is 17.7 Å². The van der Waals surface area contributed by atoms with Crippen molar-refractivity contribution in [2.75, 3.05) is 13.2 Å². The van der Waals surface area contributed by atoms with Gasteiger partial charge in [-0.1, -0.05) is 12.1 Å². The molecule has 1 saturated carbocycles. The first-order chi connectivity index (χ1) is 9.85. The van der Waals surface area contributed by atoms with Gasteiger partial charge < -0.3 is 9.05 Å². The van der Waals surface area contributed by atoms with Crippen LogP contribution in [0.1, 0.15) is 31.7 Å². The minimum Gasteiger partial charge on any atom is -0.305 e. The van der Waals surface area contributed by atoms with Crippen molar-refractivity contribution in [1.82, 2.24) is 0 Å². The van der Waals surface area contributed by atoms with Gasteiger partial charge in [-0.25, -0.2) is 4.39 Å². The molecule has 0 N–H and O–H groups in total. The van der Waals surface area contributed by atoms with Gasteiger partial charge in [-0.3, -0.25) is 4.57 Å². The second-order valence-electron chi connectivity index (χ2n) is 4.92. The molecule has 2 atom stereocenters. The molecule has 0 saturated heterocycles. The first kappa shape index (κ1) is 16.5. The summed E-state index contributed by atoms with van der Waals surface area (Å²) in [7, 11) is -4.49. The molecule has 0 unspecified atom stereocenters. The highest BCUT2D eigenvalue weighted by atomic mass is 31.2. The van der Waals surface area contributed by atoms with Crippen LogP contribution in [0, 0.1) is 11.7 Å². The Hall–Kier alpha value is -0.840. The average molecular weight is 322 g/mol. The predicted octanol–water partition coefficient (Wildman–Crippen LogP) is 4.79. The molecule has 1 aliphatic carbocycles. The first-order valence-corrected chi connectivity index (χ1v) is 8.42. The quantitative estimate of drug-likeness (QED) is 0.677. The highest BCUT2D eigenvalue weighted by molar-refractivity contribution is 7.55. The molecule has 0 aromatic heterocycles. The normalized spacial score (nSPS) is 22.3. The van der Waals surface area contributed by atoms with E-state index in [0.717, 1.165) is 0 Å². The van der Waals surface area contributed by atoms with E-state index in [2.05, 4.69) is 0 Å². The zero-order chi connectivity index (χ0) is 15.7. The molecule has 7 heteroatoms. The molecule has 1 aromatic carbocycles. The second kappa shape index (κ2) is 6.11. The van der Waals surface area contributed by atoms with Crippen molar-refractivity contribution in [2.24, 2.45) is 5.92 Å². The van der Waals surface area contributed by atoms with Gasteiger partial charge >= 0.3 is 13.3 Å². The van der Waals surface area contributed by atoms with Gasteiger partial charge in [0.25, 0.3) is 0 Å².